The first-order chi connectivity index (χ1) is 13.8. The summed E-state index contributed by atoms with van der Waals surface area (Å²) in [6, 6.07) is 11.1. The average molecular weight is 432 g/mol. The average Bonchev–Trinajstić information content (AvgIpc) is 3.19. The van der Waals surface area contributed by atoms with Crippen molar-refractivity contribution in [3.8, 4) is 0 Å². The van der Waals surface area contributed by atoms with Gasteiger partial charge in [0, 0.05) is 24.0 Å². The quantitative estimate of drug-likeness (QED) is 0.573. The molecule has 0 aliphatic carbocycles. The predicted octanol–water partition coefficient (Wildman–Crippen LogP) is 3.34. The van der Waals surface area contributed by atoms with Crippen molar-refractivity contribution in [2.24, 2.45) is 5.73 Å². The molecule has 3 amide bonds. The van der Waals surface area contributed by atoms with E-state index >= 15 is 0 Å². The Hall–Kier alpha value is -3.36. The van der Waals surface area contributed by atoms with Crippen LogP contribution in [0.15, 0.2) is 48.8 Å². The van der Waals surface area contributed by atoms with Gasteiger partial charge in [0.2, 0.25) is 0 Å². The SMILES string of the molecule is CN(C(=O)c1nc[nH]c1C(N)=O)c1ccc(NC(=O)c2ccc(Cl)c(Cl)c2)cc1. The number of carbonyl (C=O) groups excluding carboxylic acids is 3. The number of imidazole rings is 1. The summed E-state index contributed by atoms with van der Waals surface area (Å²) in [5.74, 6) is -1.64. The Labute approximate surface area is 175 Å². The van der Waals surface area contributed by atoms with E-state index in [0.717, 1.165) is 0 Å². The molecule has 0 atom stereocenters. The minimum atomic E-state index is -0.778. The fourth-order valence-corrected chi connectivity index (χ4v) is 2.83. The number of halogens is 2. The first-order valence-corrected chi connectivity index (χ1v) is 9.01. The van der Waals surface area contributed by atoms with Crippen LogP contribution < -0.4 is 16.0 Å². The highest BCUT2D eigenvalue weighted by Gasteiger charge is 2.22. The van der Waals surface area contributed by atoms with E-state index in [1.807, 2.05) is 0 Å². The molecule has 29 heavy (non-hydrogen) atoms. The van der Waals surface area contributed by atoms with Gasteiger partial charge in [0.15, 0.2) is 5.69 Å². The minimum Gasteiger partial charge on any atom is -0.364 e. The van der Waals surface area contributed by atoms with Gasteiger partial charge in [0.05, 0.1) is 16.4 Å². The van der Waals surface area contributed by atoms with Crippen molar-refractivity contribution in [3.63, 3.8) is 0 Å². The Balaban J connectivity index is 1.73. The van der Waals surface area contributed by atoms with Crippen LogP contribution in [0.2, 0.25) is 10.0 Å². The Morgan fingerprint density at radius 1 is 1.07 bits per heavy atom. The second-order valence-corrected chi connectivity index (χ2v) is 6.80. The lowest BCUT2D eigenvalue weighted by molar-refractivity contribution is 0.0958. The van der Waals surface area contributed by atoms with Gasteiger partial charge < -0.3 is 20.9 Å². The normalized spacial score (nSPS) is 10.4. The molecule has 1 heterocycles. The van der Waals surface area contributed by atoms with E-state index in [0.29, 0.717) is 22.0 Å². The van der Waals surface area contributed by atoms with Gasteiger partial charge in [-0.3, -0.25) is 14.4 Å². The zero-order chi connectivity index (χ0) is 21.1. The molecule has 0 bridgehead atoms. The molecule has 148 valence electrons. The molecule has 0 radical (unpaired) electrons. The summed E-state index contributed by atoms with van der Waals surface area (Å²) in [6.07, 6.45) is 1.23. The Morgan fingerprint density at radius 2 is 1.76 bits per heavy atom. The van der Waals surface area contributed by atoms with Crippen molar-refractivity contribution in [1.82, 2.24) is 9.97 Å². The van der Waals surface area contributed by atoms with E-state index in [4.69, 9.17) is 28.9 Å². The highest BCUT2D eigenvalue weighted by Crippen LogP contribution is 2.24. The number of nitrogens with zero attached hydrogens (tertiary/aromatic N) is 2. The molecule has 0 fully saturated rings. The standard InChI is InChI=1S/C19H15Cl2N5O3/c1-26(19(29)16-15(17(22)27)23-9-24-16)12-5-3-11(4-6-12)25-18(28)10-2-7-13(20)14(21)8-10/h2-9H,1H3,(H2,22,27)(H,23,24)(H,25,28). The molecular weight excluding hydrogens is 417 g/mol. The lowest BCUT2D eigenvalue weighted by Gasteiger charge is -2.17. The number of nitrogens with two attached hydrogens (primary N) is 1. The van der Waals surface area contributed by atoms with Crippen LogP contribution in [0.3, 0.4) is 0 Å². The molecule has 0 spiro atoms. The van der Waals surface area contributed by atoms with Gasteiger partial charge in [-0.05, 0) is 42.5 Å². The van der Waals surface area contributed by atoms with Crippen LogP contribution in [-0.4, -0.2) is 34.7 Å². The van der Waals surface area contributed by atoms with Crippen molar-refractivity contribution in [2.75, 3.05) is 17.3 Å². The first-order valence-electron chi connectivity index (χ1n) is 8.25. The number of aromatic amines is 1. The van der Waals surface area contributed by atoms with E-state index in [-0.39, 0.29) is 22.3 Å². The Bertz CT molecular complexity index is 1100. The largest absolute Gasteiger partial charge is 0.364 e. The van der Waals surface area contributed by atoms with E-state index in [2.05, 4.69) is 15.3 Å². The van der Waals surface area contributed by atoms with Gasteiger partial charge in [0.1, 0.15) is 5.69 Å². The van der Waals surface area contributed by atoms with Crippen molar-refractivity contribution in [3.05, 3.63) is 75.8 Å². The summed E-state index contributed by atoms with van der Waals surface area (Å²) in [4.78, 5) is 44.0. The van der Waals surface area contributed by atoms with Crippen LogP contribution in [0.25, 0.3) is 0 Å². The van der Waals surface area contributed by atoms with Crippen molar-refractivity contribution in [1.29, 1.82) is 0 Å². The van der Waals surface area contributed by atoms with Crippen LogP contribution in [-0.2, 0) is 0 Å². The molecule has 2 aromatic carbocycles. The van der Waals surface area contributed by atoms with Crippen LogP contribution in [0, 0.1) is 0 Å². The van der Waals surface area contributed by atoms with E-state index in [9.17, 15) is 14.4 Å². The fourth-order valence-electron chi connectivity index (χ4n) is 2.53. The summed E-state index contributed by atoms with van der Waals surface area (Å²) >= 11 is 11.8. The minimum absolute atomic E-state index is 0.0626. The third-order valence-electron chi connectivity index (χ3n) is 4.09. The maximum absolute atomic E-state index is 12.6. The number of anilines is 2. The molecule has 0 aliphatic rings. The number of rotatable bonds is 5. The summed E-state index contributed by atoms with van der Waals surface area (Å²) in [5, 5.41) is 3.37. The number of hydrogen-bond acceptors (Lipinski definition) is 4. The van der Waals surface area contributed by atoms with Gasteiger partial charge in [0.25, 0.3) is 17.7 Å². The second kappa shape index (κ2) is 8.34. The zero-order valence-electron chi connectivity index (χ0n) is 15.1. The summed E-state index contributed by atoms with van der Waals surface area (Å²) < 4.78 is 0. The van der Waals surface area contributed by atoms with Crippen molar-refractivity contribution in [2.45, 2.75) is 0 Å². The number of primary amides is 1. The number of nitrogens with one attached hydrogen (secondary N) is 2. The van der Waals surface area contributed by atoms with Gasteiger partial charge >= 0.3 is 0 Å². The van der Waals surface area contributed by atoms with Gasteiger partial charge in [-0.15, -0.1) is 0 Å². The molecule has 1 aromatic heterocycles. The summed E-state index contributed by atoms with van der Waals surface area (Å²) in [6.45, 7) is 0. The van der Waals surface area contributed by atoms with Gasteiger partial charge in [-0.2, -0.15) is 0 Å². The number of H-pyrrole nitrogens is 1. The van der Waals surface area contributed by atoms with E-state index in [1.165, 1.54) is 30.4 Å². The zero-order valence-corrected chi connectivity index (χ0v) is 16.6. The predicted molar refractivity (Wildman–Crippen MR) is 111 cm³/mol. The number of amides is 3. The van der Waals surface area contributed by atoms with E-state index < -0.39 is 11.8 Å². The maximum Gasteiger partial charge on any atom is 0.279 e. The Kier molecular flexibility index (Phi) is 5.86. The molecule has 8 nitrogen and oxygen atoms in total. The Morgan fingerprint density at radius 3 is 2.38 bits per heavy atom. The molecule has 0 saturated carbocycles. The van der Waals surface area contributed by atoms with Crippen LogP contribution in [0.5, 0.6) is 0 Å². The van der Waals surface area contributed by atoms with Crippen molar-refractivity contribution < 1.29 is 14.4 Å². The van der Waals surface area contributed by atoms with Gasteiger partial charge in [-0.25, -0.2) is 4.98 Å². The summed E-state index contributed by atoms with van der Waals surface area (Å²) in [5.41, 5.74) is 6.50. The topological polar surface area (TPSA) is 121 Å². The number of hydrogen-bond donors (Lipinski definition) is 3. The number of benzene rings is 2. The third-order valence-corrected chi connectivity index (χ3v) is 4.83. The first kappa shape index (κ1) is 20.4. The maximum atomic E-state index is 12.6. The molecule has 3 rings (SSSR count). The fraction of sp³-hybridized carbons (Fsp3) is 0.0526. The van der Waals surface area contributed by atoms with Crippen molar-refractivity contribution >= 4 is 52.3 Å². The number of aromatic nitrogens is 2. The molecular formula is C19H15Cl2N5O3. The molecule has 3 aromatic rings. The monoisotopic (exact) mass is 431 g/mol. The van der Waals surface area contributed by atoms with Crippen LogP contribution >= 0.6 is 23.2 Å². The van der Waals surface area contributed by atoms with Gasteiger partial charge in [-0.1, -0.05) is 23.2 Å². The molecule has 0 saturated heterocycles. The lowest BCUT2D eigenvalue weighted by atomic mass is 10.2. The van der Waals surface area contributed by atoms with Crippen LogP contribution in [0.4, 0.5) is 11.4 Å². The third kappa shape index (κ3) is 4.39. The summed E-state index contributed by atoms with van der Waals surface area (Å²) in [7, 11) is 1.53. The number of carbonyl (C=O) groups is 3. The molecule has 10 heteroatoms. The smallest absolute Gasteiger partial charge is 0.279 e. The molecule has 0 aliphatic heterocycles. The molecule has 4 N–H and O–H groups in total. The highest BCUT2D eigenvalue weighted by atomic mass is 35.5. The highest BCUT2D eigenvalue weighted by molar-refractivity contribution is 6.42. The second-order valence-electron chi connectivity index (χ2n) is 5.98. The molecule has 0 unspecified atom stereocenters. The van der Waals surface area contributed by atoms with Crippen LogP contribution in [0.1, 0.15) is 31.3 Å². The van der Waals surface area contributed by atoms with E-state index in [1.54, 1.807) is 30.3 Å². The lowest BCUT2D eigenvalue weighted by Crippen LogP contribution is -2.29.